The zero-order chi connectivity index (χ0) is 21.2. The first kappa shape index (κ1) is 20.9. The summed E-state index contributed by atoms with van der Waals surface area (Å²) in [4.78, 5) is 12.2. The van der Waals surface area contributed by atoms with E-state index < -0.39 is 11.9 Å². The van der Waals surface area contributed by atoms with Crippen LogP contribution < -0.4 is 5.32 Å². The maximum atomic E-state index is 12.7. The molecule has 3 rings (SSSR count). The molecular weight excluding hydrogens is 407 g/mol. The first-order valence-electron chi connectivity index (χ1n) is 8.83. The number of nitrogens with one attached hydrogen (secondary N) is 1. The van der Waals surface area contributed by atoms with Crippen molar-refractivity contribution in [3.8, 4) is 0 Å². The molecule has 0 unspecified atom stereocenters. The van der Waals surface area contributed by atoms with Gasteiger partial charge in [0.05, 0.1) is 6.54 Å². The van der Waals surface area contributed by atoms with Crippen LogP contribution in [0.3, 0.4) is 0 Å². The van der Waals surface area contributed by atoms with E-state index in [9.17, 15) is 18.0 Å². The van der Waals surface area contributed by atoms with Crippen molar-refractivity contribution < 1.29 is 18.0 Å². The Balaban J connectivity index is 1.60. The van der Waals surface area contributed by atoms with E-state index >= 15 is 0 Å². The van der Waals surface area contributed by atoms with Crippen molar-refractivity contribution in [2.45, 2.75) is 39.5 Å². The summed E-state index contributed by atoms with van der Waals surface area (Å²) in [5.41, 5.74) is 1.10. The lowest BCUT2D eigenvalue weighted by Crippen LogP contribution is -2.16. The third-order valence-corrected chi connectivity index (χ3v) is 4.72. The van der Waals surface area contributed by atoms with Crippen LogP contribution in [0.1, 0.15) is 29.1 Å². The Morgan fingerprint density at radius 3 is 2.45 bits per heavy atom. The molecule has 0 spiro atoms. The number of nitrogens with zero attached hydrogens (tertiary/aromatic N) is 4. The summed E-state index contributed by atoms with van der Waals surface area (Å²) in [6, 6.07) is 10.1. The van der Waals surface area contributed by atoms with E-state index in [1.165, 1.54) is 11.6 Å². The highest BCUT2D eigenvalue weighted by Crippen LogP contribution is 2.28. The van der Waals surface area contributed by atoms with E-state index in [2.05, 4.69) is 15.5 Å². The van der Waals surface area contributed by atoms with Crippen LogP contribution in [0.2, 0.25) is 5.02 Å². The SMILES string of the molecule is Cc1cc(NC(=O)CCn2nc(C(F)(F)F)cc2C)nn1Cc1ccccc1Cl. The van der Waals surface area contributed by atoms with Crippen LogP contribution in [-0.4, -0.2) is 25.5 Å². The summed E-state index contributed by atoms with van der Waals surface area (Å²) < 4.78 is 41.0. The second-order valence-corrected chi connectivity index (χ2v) is 7.02. The molecule has 29 heavy (non-hydrogen) atoms. The normalized spacial score (nSPS) is 11.7. The van der Waals surface area contributed by atoms with Gasteiger partial charge in [-0.1, -0.05) is 29.8 Å². The number of aryl methyl sites for hydroxylation is 3. The lowest BCUT2D eigenvalue weighted by molar-refractivity contribution is -0.141. The second-order valence-electron chi connectivity index (χ2n) is 6.61. The van der Waals surface area contributed by atoms with Crippen molar-refractivity contribution in [1.82, 2.24) is 19.6 Å². The molecule has 1 N–H and O–H groups in total. The summed E-state index contributed by atoms with van der Waals surface area (Å²) in [7, 11) is 0. The van der Waals surface area contributed by atoms with Crippen molar-refractivity contribution in [1.29, 1.82) is 0 Å². The van der Waals surface area contributed by atoms with E-state index in [1.54, 1.807) is 16.8 Å². The van der Waals surface area contributed by atoms with Crippen molar-refractivity contribution >= 4 is 23.3 Å². The van der Waals surface area contributed by atoms with Crippen LogP contribution in [0.15, 0.2) is 36.4 Å². The maximum absolute atomic E-state index is 12.7. The van der Waals surface area contributed by atoms with Gasteiger partial charge in [-0.05, 0) is 31.5 Å². The molecule has 0 bridgehead atoms. The Labute approximate surface area is 170 Å². The van der Waals surface area contributed by atoms with Gasteiger partial charge in [0.2, 0.25) is 5.91 Å². The molecule has 1 amide bonds. The number of aromatic nitrogens is 4. The molecule has 0 aliphatic carbocycles. The maximum Gasteiger partial charge on any atom is 0.435 e. The smallest absolute Gasteiger partial charge is 0.309 e. The van der Waals surface area contributed by atoms with Crippen molar-refractivity contribution in [3.05, 3.63) is 64.1 Å². The minimum atomic E-state index is -4.51. The van der Waals surface area contributed by atoms with E-state index in [4.69, 9.17) is 11.6 Å². The van der Waals surface area contributed by atoms with Gasteiger partial charge in [-0.25, -0.2) is 0 Å². The monoisotopic (exact) mass is 425 g/mol. The van der Waals surface area contributed by atoms with Gasteiger partial charge in [0.25, 0.3) is 0 Å². The second kappa shape index (κ2) is 8.28. The Bertz CT molecular complexity index is 1030. The predicted molar refractivity (Wildman–Crippen MR) is 103 cm³/mol. The number of hydrogen-bond acceptors (Lipinski definition) is 3. The summed E-state index contributed by atoms with van der Waals surface area (Å²) in [5, 5.41) is 11.2. The Morgan fingerprint density at radius 1 is 1.10 bits per heavy atom. The number of carbonyl (C=O) groups excluding carboxylic acids is 1. The van der Waals surface area contributed by atoms with Crippen molar-refractivity contribution in [2.24, 2.45) is 0 Å². The average Bonchev–Trinajstić information content (AvgIpc) is 3.17. The lowest BCUT2D eigenvalue weighted by atomic mass is 10.2. The highest BCUT2D eigenvalue weighted by Gasteiger charge is 2.34. The fraction of sp³-hybridized carbons (Fsp3) is 0.316. The number of halogens is 4. The molecule has 6 nitrogen and oxygen atoms in total. The summed E-state index contributed by atoms with van der Waals surface area (Å²) in [6.07, 6.45) is -4.54. The van der Waals surface area contributed by atoms with Gasteiger partial charge in [-0.15, -0.1) is 0 Å². The van der Waals surface area contributed by atoms with Gasteiger partial charge in [-0.3, -0.25) is 14.2 Å². The molecule has 2 aromatic heterocycles. The molecule has 0 radical (unpaired) electrons. The van der Waals surface area contributed by atoms with Gasteiger partial charge in [0, 0.05) is 35.4 Å². The molecule has 2 heterocycles. The summed E-state index contributed by atoms with van der Waals surface area (Å²) in [5.74, 6) is 0.00331. The van der Waals surface area contributed by atoms with Crippen LogP contribution >= 0.6 is 11.6 Å². The third kappa shape index (κ3) is 5.17. The van der Waals surface area contributed by atoms with Crippen LogP contribution in [0.25, 0.3) is 0 Å². The fourth-order valence-electron chi connectivity index (χ4n) is 2.81. The predicted octanol–water partition coefficient (Wildman–Crippen LogP) is 4.45. The fourth-order valence-corrected chi connectivity index (χ4v) is 3.00. The summed E-state index contributed by atoms with van der Waals surface area (Å²) in [6.45, 7) is 3.85. The van der Waals surface area contributed by atoms with E-state index in [-0.39, 0.29) is 18.9 Å². The van der Waals surface area contributed by atoms with Gasteiger partial charge in [-0.2, -0.15) is 23.4 Å². The van der Waals surface area contributed by atoms with Gasteiger partial charge in [0.15, 0.2) is 11.5 Å². The van der Waals surface area contributed by atoms with Crippen LogP contribution in [0, 0.1) is 13.8 Å². The number of carbonyl (C=O) groups is 1. The molecule has 0 saturated carbocycles. The van der Waals surface area contributed by atoms with Crippen molar-refractivity contribution in [3.63, 3.8) is 0 Å². The zero-order valence-electron chi connectivity index (χ0n) is 15.8. The van der Waals surface area contributed by atoms with Crippen LogP contribution in [0.5, 0.6) is 0 Å². The zero-order valence-corrected chi connectivity index (χ0v) is 16.6. The van der Waals surface area contributed by atoms with Gasteiger partial charge in [0.1, 0.15) is 0 Å². The van der Waals surface area contributed by atoms with Crippen molar-refractivity contribution in [2.75, 3.05) is 5.32 Å². The molecule has 10 heteroatoms. The molecule has 1 aromatic carbocycles. The molecule has 0 atom stereocenters. The largest absolute Gasteiger partial charge is 0.435 e. The first-order valence-corrected chi connectivity index (χ1v) is 9.20. The number of amides is 1. The summed E-state index contributed by atoms with van der Waals surface area (Å²) >= 11 is 6.17. The number of alkyl halides is 3. The highest BCUT2D eigenvalue weighted by molar-refractivity contribution is 6.31. The van der Waals surface area contributed by atoms with Crippen LogP contribution in [-0.2, 0) is 24.1 Å². The third-order valence-electron chi connectivity index (χ3n) is 4.35. The lowest BCUT2D eigenvalue weighted by Gasteiger charge is -2.07. The Hall–Kier alpha value is -2.81. The number of anilines is 1. The number of rotatable bonds is 6. The molecule has 0 saturated heterocycles. The number of benzene rings is 1. The van der Waals surface area contributed by atoms with E-state index in [0.717, 1.165) is 17.3 Å². The Morgan fingerprint density at radius 2 is 1.79 bits per heavy atom. The molecule has 0 aliphatic rings. The average molecular weight is 426 g/mol. The topological polar surface area (TPSA) is 64.7 Å². The molecule has 0 fully saturated rings. The standard InChI is InChI=1S/C19H19ClF3N5O/c1-12-9-16(19(21,22)23)25-27(12)8-7-18(29)24-17-10-13(2)28(26-17)11-14-5-3-4-6-15(14)20/h3-6,9-10H,7-8,11H2,1-2H3,(H,24,26,29). The van der Waals surface area contributed by atoms with Gasteiger partial charge < -0.3 is 5.32 Å². The van der Waals surface area contributed by atoms with E-state index in [0.29, 0.717) is 23.1 Å². The van der Waals surface area contributed by atoms with E-state index in [1.807, 2.05) is 25.1 Å². The molecule has 0 aliphatic heterocycles. The minimum Gasteiger partial charge on any atom is -0.309 e. The van der Waals surface area contributed by atoms with Gasteiger partial charge >= 0.3 is 6.18 Å². The first-order chi connectivity index (χ1) is 13.6. The highest BCUT2D eigenvalue weighted by atomic mass is 35.5. The minimum absolute atomic E-state index is 0.0315. The molecular formula is C19H19ClF3N5O. The molecule has 154 valence electrons. The molecule has 3 aromatic rings. The number of hydrogen-bond donors (Lipinski definition) is 1. The Kier molecular flexibility index (Phi) is 5.97. The van der Waals surface area contributed by atoms with Crippen LogP contribution in [0.4, 0.5) is 19.0 Å². The quantitative estimate of drug-likeness (QED) is 0.634.